The lowest BCUT2D eigenvalue weighted by Crippen LogP contribution is -2.26. The summed E-state index contributed by atoms with van der Waals surface area (Å²) in [7, 11) is 0. The second kappa shape index (κ2) is 6.16. The number of furan rings is 1. The van der Waals surface area contributed by atoms with Crippen LogP contribution in [0, 0.1) is 12.8 Å². The smallest absolute Gasteiger partial charge is 0.118 e. The van der Waals surface area contributed by atoms with E-state index in [1.165, 1.54) is 25.7 Å². The van der Waals surface area contributed by atoms with Crippen LogP contribution in [0.15, 0.2) is 16.5 Å². The molecule has 2 nitrogen and oxygen atoms in total. The maximum atomic E-state index is 6.15. The van der Waals surface area contributed by atoms with Crippen molar-refractivity contribution in [2.45, 2.75) is 63.0 Å². The maximum absolute atomic E-state index is 6.15. The Morgan fingerprint density at radius 2 is 2.17 bits per heavy atom. The number of aryl methyl sites for hydroxylation is 1. The zero-order valence-corrected chi connectivity index (χ0v) is 12.5. The quantitative estimate of drug-likeness (QED) is 0.884. The summed E-state index contributed by atoms with van der Waals surface area (Å²) in [5, 5.41) is 1.05. The van der Waals surface area contributed by atoms with Crippen molar-refractivity contribution >= 4 is 11.8 Å². The van der Waals surface area contributed by atoms with Crippen LogP contribution in [0.2, 0.25) is 0 Å². The molecule has 18 heavy (non-hydrogen) atoms. The van der Waals surface area contributed by atoms with Crippen molar-refractivity contribution in [3.8, 4) is 0 Å². The molecule has 0 aromatic carbocycles. The van der Waals surface area contributed by atoms with Crippen LogP contribution in [0.4, 0.5) is 0 Å². The molecule has 1 aromatic heterocycles. The molecule has 1 aliphatic rings. The molecule has 0 aliphatic heterocycles. The first-order chi connectivity index (χ1) is 8.56. The molecule has 1 fully saturated rings. The predicted octanol–water partition coefficient (Wildman–Crippen LogP) is 4.29. The van der Waals surface area contributed by atoms with Gasteiger partial charge in [0.2, 0.25) is 0 Å². The summed E-state index contributed by atoms with van der Waals surface area (Å²) >= 11 is 2.03. The second-order valence-electron chi connectivity index (χ2n) is 5.76. The molecule has 2 rings (SSSR count). The van der Waals surface area contributed by atoms with Gasteiger partial charge in [0.1, 0.15) is 11.5 Å². The minimum atomic E-state index is 0.137. The van der Waals surface area contributed by atoms with Crippen molar-refractivity contribution in [1.29, 1.82) is 0 Å². The average molecular weight is 267 g/mol. The molecule has 4 atom stereocenters. The van der Waals surface area contributed by atoms with Gasteiger partial charge in [-0.3, -0.25) is 0 Å². The Labute approximate surface area is 115 Å². The second-order valence-corrected chi connectivity index (χ2v) is 7.20. The Balaban J connectivity index is 2.02. The molecule has 0 bridgehead atoms. The summed E-state index contributed by atoms with van der Waals surface area (Å²) in [5.41, 5.74) is 6.15. The highest BCUT2D eigenvalue weighted by Gasteiger charge is 2.27. The van der Waals surface area contributed by atoms with Gasteiger partial charge in [0.25, 0.3) is 0 Å². The third kappa shape index (κ3) is 3.55. The van der Waals surface area contributed by atoms with Gasteiger partial charge < -0.3 is 10.2 Å². The third-order valence-electron chi connectivity index (χ3n) is 3.75. The van der Waals surface area contributed by atoms with Crippen LogP contribution >= 0.6 is 11.8 Å². The van der Waals surface area contributed by atoms with Crippen molar-refractivity contribution in [3.63, 3.8) is 0 Å². The van der Waals surface area contributed by atoms with Crippen molar-refractivity contribution < 1.29 is 4.42 Å². The van der Waals surface area contributed by atoms with E-state index in [2.05, 4.69) is 19.9 Å². The topological polar surface area (TPSA) is 39.2 Å². The van der Waals surface area contributed by atoms with E-state index in [1.807, 2.05) is 24.8 Å². The number of thioether (sulfide) groups is 1. The van der Waals surface area contributed by atoms with Gasteiger partial charge in [-0.15, -0.1) is 11.8 Å². The van der Waals surface area contributed by atoms with Gasteiger partial charge in [0, 0.05) is 11.3 Å². The van der Waals surface area contributed by atoms with E-state index in [9.17, 15) is 0 Å². The Morgan fingerprint density at radius 1 is 1.39 bits per heavy atom. The Morgan fingerprint density at radius 3 is 2.72 bits per heavy atom. The number of hydrogen-bond acceptors (Lipinski definition) is 3. The Hall–Kier alpha value is -0.410. The van der Waals surface area contributed by atoms with Crippen LogP contribution in [0.1, 0.15) is 56.3 Å². The van der Waals surface area contributed by atoms with Gasteiger partial charge in [0.05, 0.1) is 5.25 Å². The lowest BCUT2D eigenvalue weighted by molar-refractivity contribution is 0.391. The molecular formula is C15H25NOS. The van der Waals surface area contributed by atoms with Gasteiger partial charge in [-0.25, -0.2) is 0 Å². The first-order valence-corrected chi connectivity index (χ1v) is 7.98. The van der Waals surface area contributed by atoms with Gasteiger partial charge in [-0.05, 0) is 44.7 Å². The molecule has 3 heteroatoms. The van der Waals surface area contributed by atoms with Gasteiger partial charge >= 0.3 is 0 Å². The lowest BCUT2D eigenvalue weighted by atomic mass is 9.90. The van der Waals surface area contributed by atoms with Crippen LogP contribution < -0.4 is 5.73 Å². The normalized spacial score (nSPS) is 28.0. The Bertz CT molecular complexity index is 374. The first-order valence-electron chi connectivity index (χ1n) is 7.03. The molecule has 0 amide bonds. The summed E-state index contributed by atoms with van der Waals surface area (Å²) in [5.74, 6) is 2.89. The summed E-state index contributed by atoms with van der Waals surface area (Å²) in [6, 6.07) is 4.26. The molecule has 1 aliphatic carbocycles. The van der Waals surface area contributed by atoms with E-state index in [4.69, 9.17) is 10.2 Å². The molecule has 2 N–H and O–H groups in total. The highest BCUT2D eigenvalue weighted by atomic mass is 32.2. The molecule has 4 unspecified atom stereocenters. The van der Waals surface area contributed by atoms with Crippen molar-refractivity contribution in [2.24, 2.45) is 11.7 Å². The highest BCUT2D eigenvalue weighted by Crippen LogP contribution is 2.41. The molecule has 1 heterocycles. The van der Waals surface area contributed by atoms with Gasteiger partial charge in [-0.1, -0.05) is 19.8 Å². The maximum Gasteiger partial charge on any atom is 0.118 e. The minimum absolute atomic E-state index is 0.137. The molecule has 0 radical (unpaired) electrons. The fraction of sp³-hybridized carbons (Fsp3) is 0.733. The van der Waals surface area contributed by atoms with Crippen LogP contribution in [0.25, 0.3) is 0 Å². The minimum Gasteiger partial charge on any atom is -0.465 e. The van der Waals surface area contributed by atoms with E-state index in [0.29, 0.717) is 5.25 Å². The molecular weight excluding hydrogens is 242 g/mol. The van der Waals surface area contributed by atoms with Crippen molar-refractivity contribution in [3.05, 3.63) is 23.7 Å². The molecule has 0 saturated heterocycles. The van der Waals surface area contributed by atoms with E-state index in [0.717, 1.165) is 22.7 Å². The zero-order valence-electron chi connectivity index (χ0n) is 11.7. The van der Waals surface area contributed by atoms with Crippen molar-refractivity contribution in [2.75, 3.05) is 0 Å². The van der Waals surface area contributed by atoms with E-state index in [1.54, 1.807) is 0 Å². The Kier molecular flexibility index (Phi) is 4.79. The van der Waals surface area contributed by atoms with E-state index < -0.39 is 0 Å². The SMILES string of the molecule is Cc1ccc(C(SC2CCCC(C)C2)C(C)N)o1. The molecule has 0 spiro atoms. The molecule has 1 saturated carbocycles. The van der Waals surface area contributed by atoms with Crippen LogP contribution in [-0.4, -0.2) is 11.3 Å². The summed E-state index contributed by atoms with van der Waals surface area (Å²) in [4.78, 5) is 0. The van der Waals surface area contributed by atoms with Gasteiger partial charge in [0.15, 0.2) is 0 Å². The summed E-state index contributed by atoms with van der Waals surface area (Å²) in [6.45, 7) is 6.45. The zero-order chi connectivity index (χ0) is 13.1. The fourth-order valence-corrected chi connectivity index (χ4v) is 4.43. The average Bonchev–Trinajstić information content (AvgIpc) is 2.72. The van der Waals surface area contributed by atoms with E-state index >= 15 is 0 Å². The van der Waals surface area contributed by atoms with E-state index in [-0.39, 0.29) is 6.04 Å². The molecule has 102 valence electrons. The van der Waals surface area contributed by atoms with Crippen LogP contribution in [-0.2, 0) is 0 Å². The van der Waals surface area contributed by atoms with Crippen LogP contribution in [0.5, 0.6) is 0 Å². The standard InChI is InChI=1S/C15H25NOS/c1-10-5-4-6-13(9-10)18-15(12(3)16)14-8-7-11(2)17-14/h7-8,10,12-13,15H,4-6,9,16H2,1-3H3. The summed E-state index contributed by atoms with van der Waals surface area (Å²) < 4.78 is 5.77. The first kappa shape index (κ1) is 14.0. The summed E-state index contributed by atoms with van der Waals surface area (Å²) in [6.07, 6.45) is 5.41. The third-order valence-corrected chi connectivity index (χ3v) is 5.51. The predicted molar refractivity (Wildman–Crippen MR) is 78.8 cm³/mol. The van der Waals surface area contributed by atoms with Crippen molar-refractivity contribution in [1.82, 2.24) is 0 Å². The van der Waals surface area contributed by atoms with Crippen LogP contribution in [0.3, 0.4) is 0 Å². The monoisotopic (exact) mass is 267 g/mol. The molecule has 1 aromatic rings. The number of hydrogen-bond donors (Lipinski definition) is 1. The van der Waals surface area contributed by atoms with Gasteiger partial charge in [-0.2, -0.15) is 0 Å². The largest absolute Gasteiger partial charge is 0.465 e. The fourth-order valence-electron chi connectivity index (χ4n) is 2.77. The lowest BCUT2D eigenvalue weighted by Gasteiger charge is -2.30. The highest BCUT2D eigenvalue weighted by molar-refractivity contribution is 8.00. The number of rotatable bonds is 4. The number of nitrogens with two attached hydrogens (primary N) is 1.